The lowest BCUT2D eigenvalue weighted by Crippen LogP contribution is -2.33. The number of hydrogen-bond donors (Lipinski definition) is 1. The van der Waals surface area contributed by atoms with Gasteiger partial charge in [0.05, 0.1) is 12.9 Å². The number of tetrazole rings is 1. The van der Waals surface area contributed by atoms with Crippen LogP contribution in [0, 0.1) is 6.92 Å². The van der Waals surface area contributed by atoms with Gasteiger partial charge in [0.15, 0.2) is 0 Å². The zero-order valence-electron chi connectivity index (χ0n) is 15.9. The van der Waals surface area contributed by atoms with Gasteiger partial charge >= 0.3 is 0 Å². The molecule has 142 valence electrons. The standard InChI is InChI=1S/C18H27N5O2S/c1-5-6-7-8-14(3)19-17(24)12-26-18-20-21-22-23(18)15-11-13(2)9-10-16(15)25-4/h9-11,14H,5-8,12H2,1-4H3,(H,19,24). The number of methoxy groups -OCH3 is 1. The van der Waals surface area contributed by atoms with E-state index in [1.54, 1.807) is 11.8 Å². The summed E-state index contributed by atoms with van der Waals surface area (Å²) in [4.78, 5) is 12.2. The first-order valence-corrected chi connectivity index (χ1v) is 9.89. The molecule has 0 aliphatic rings. The van der Waals surface area contributed by atoms with E-state index in [1.807, 2.05) is 32.0 Å². The smallest absolute Gasteiger partial charge is 0.230 e. The molecule has 0 aliphatic carbocycles. The predicted octanol–water partition coefficient (Wildman–Crippen LogP) is 3.16. The largest absolute Gasteiger partial charge is 0.494 e. The van der Waals surface area contributed by atoms with Gasteiger partial charge in [-0.25, -0.2) is 0 Å². The minimum atomic E-state index is -0.00949. The summed E-state index contributed by atoms with van der Waals surface area (Å²) >= 11 is 1.31. The number of carbonyl (C=O) groups excluding carboxylic acids is 1. The van der Waals surface area contributed by atoms with Crippen LogP contribution < -0.4 is 10.1 Å². The van der Waals surface area contributed by atoms with Crippen molar-refractivity contribution in [1.29, 1.82) is 0 Å². The van der Waals surface area contributed by atoms with E-state index in [9.17, 15) is 4.79 Å². The van der Waals surface area contributed by atoms with Gasteiger partial charge in [-0.05, 0) is 48.4 Å². The number of ether oxygens (including phenoxy) is 1. The summed E-state index contributed by atoms with van der Waals surface area (Å²) in [6.07, 6.45) is 4.52. The number of benzene rings is 1. The Hall–Kier alpha value is -2.09. The lowest BCUT2D eigenvalue weighted by Gasteiger charge is -2.13. The molecule has 1 aromatic carbocycles. The van der Waals surface area contributed by atoms with E-state index in [4.69, 9.17) is 4.74 Å². The molecular formula is C18H27N5O2S. The third-order valence-corrected chi connectivity index (χ3v) is 4.90. The summed E-state index contributed by atoms with van der Waals surface area (Å²) in [7, 11) is 1.61. The monoisotopic (exact) mass is 377 g/mol. The second-order valence-corrected chi connectivity index (χ2v) is 7.24. The molecule has 1 unspecified atom stereocenters. The van der Waals surface area contributed by atoms with Crippen LogP contribution in [0.15, 0.2) is 23.4 Å². The number of unbranched alkanes of at least 4 members (excludes halogenated alkanes) is 2. The van der Waals surface area contributed by atoms with Crippen molar-refractivity contribution in [3.8, 4) is 11.4 Å². The van der Waals surface area contributed by atoms with E-state index in [2.05, 4.69) is 27.8 Å². The molecule has 0 bridgehead atoms. The SMILES string of the molecule is CCCCCC(C)NC(=O)CSc1nnnn1-c1cc(C)ccc1OC. The van der Waals surface area contributed by atoms with E-state index in [0.717, 1.165) is 24.1 Å². The van der Waals surface area contributed by atoms with E-state index < -0.39 is 0 Å². The van der Waals surface area contributed by atoms with Crippen molar-refractivity contribution in [2.45, 2.75) is 57.7 Å². The maximum absolute atomic E-state index is 12.2. The second kappa shape index (κ2) is 10.2. The van der Waals surface area contributed by atoms with Crippen LogP contribution in [-0.4, -0.2) is 45.0 Å². The van der Waals surface area contributed by atoms with Crippen molar-refractivity contribution in [1.82, 2.24) is 25.5 Å². The number of rotatable bonds is 10. The molecule has 1 amide bonds. The molecule has 1 heterocycles. The Morgan fingerprint density at radius 2 is 2.19 bits per heavy atom. The Morgan fingerprint density at radius 1 is 1.38 bits per heavy atom. The van der Waals surface area contributed by atoms with Gasteiger partial charge in [0.25, 0.3) is 0 Å². The Kier molecular flexibility index (Phi) is 7.90. The van der Waals surface area contributed by atoms with Crippen molar-refractivity contribution in [2.75, 3.05) is 12.9 Å². The number of aryl methyl sites for hydroxylation is 1. The van der Waals surface area contributed by atoms with Crippen LogP contribution >= 0.6 is 11.8 Å². The van der Waals surface area contributed by atoms with E-state index >= 15 is 0 Å². The average Bonchev–Trinajstić information content (AvgIpc) is 3.08. The van der Waals surface area contributed by atoms with Gasteiger partial charge in [0.1, 0.15) is 11.4 Å². The summed E-state index contributed by atoms with van der Waals surface area (Å²) in [6, 6.07) is 5.98. The predicted molar refractivity (Wildman–Crippen MR) is 103 cm³/mol. The molecule has 0 aliphatic heterocycles. The van der Waals surface area contributed by atoms with E-state index in [1.165, 1.54) is 24.6 Å². The van der Waals surface area contributed by atoms with Gasteiger partial charge in [0, 0.05) is 6.04 Å². The van der Waals surface area contributed by atoms with Gasteiger partial charge in [-0.2, -0.15) is 4.68 Å². The van der Waals surface area contributed by atoms with Crippen LogP contribution in [0.3, 0.4) is 0 Å². The lowest BCUT2D eigenvalue weighted by atomic mass is 10.1. The first kappa shape index (κ1) is 20.2. The van der Waals surface area contributed by atoms with E-state index in [0.29, 0.717) is 10.9 Å². The number of hydrogen-bond acceptors (Lipinski definition) is 6. The summed E-state index contributed by atoms with van der Waals surface area (Å²) in [5, 5.41) is 15.4. The molecule has 2 aromatic rings. The number of nitrogens with zero attached hydrogens (tertiary/aromatic N) is 4. The fourth-order valence-electron chi connectivity index (χ4n) is 2.60. The molecule has 0 saturated heterocycles. The van der Waals surface area contributed by atoms with Crippen LogP contribution in [-0.2, 0) is 4.79 Å². The molecule has 0 spiro atoms. The molecule has 0 fully saturated rings. The van der Waals surface area contributed by atoms with Crippen molar-refractivity contribution in [2.24, 2.45) is 0 Å². The molecule has 1 N–H and O–H groups in total. The molecule has 0 saturated carbocycles. The number of nitrogens with one attached hydrogen (secondary N) is 1. The van der Waals surface area contributed by atoms with Crippen molar-refractivity contribution in [3.05, 3.63) is 23.8 Å². The molecule has 2 rings (SSSR count). The number of carbonyl (C=O) groups is 1. The van der Waals surface area contributed by atoms with E-state index in [-0.39, 0.29) is 17.7 Å². The maximum atomic E-state index is 12.2. The third-order valence-electron chi connectivity index (χ3n) is 3.98. The quantitative estimate of drug-likeness (QED) is 0.506. The van der Waals surface area contributed by atoms with Gasteiger partial charge in [-0.1, -0.05) is 44.0 Å². The average molecular weight is 378 g/mol. The molecule has 8 heteroatoms. The Balaban J connectivity index is 1.97. The molecular weight excluding hydrogens is 350 g/mol. The first-order valence-electron chi connectivity index (χ1n) is 8.90. The number of amides is 1. The van der Waals surface area contributed by atoms with Crippen molar-refractivity contribution < 1.29 is 9.53 Å². The van der Waals surface area contributed by atoms with Gasteiger partial charge in [0.2, 0.25) is 11.1 Å². The van der Waals surface area contributed by atoms with Crippen LogP contribution in [0.1, 0.15) is 45.1 Å². The normalized spacial score (nSPS) is 12.0. The summed E-state index contributed by atoms with van der Waals surface area (Å²) in [6.45, 7) is 6.21. The Bertz CT molecular complexity index is 719. The number of thioether (sulfide) groups is 1. The fraction of sp³-hybridized carbons (Fsp3) is 0.556. The highest BCUT2D eigenvalue weighted by molar-refractivity contribution is 7.99. The van der Waals surface area contributed by atoms with Crippen molar-refractivity contribution >= 4 is 17.7 Å². The maximum Gasteiger partial charge on any atom is 0.230 e. The fourth-order valence-corrected chi connectivity index (χ4v) is 3.30. The summed E-state index contributed by atoms with van der Waals surface area (Å²) < 4.78 is 7.00. The molecule has 1 aromatic heterocycles. The topological polar surface area (TPSA) is 81.9 Å². The highest BCUT2D eigenvalue weighted by atomic mass is 32.2. The van der Waals surface area contributed by atoms with Gasteiger partial charge < -0.3 is 10.1 Å². The minimum absolute atomic E-state index is 0.00949. The molecule has 0 radical (unpaired) electrons. The zero-order valence-corrected chi connectivity index (χ0v) is 16.7. The van der Waals surface area contributed by atoms with Crippen molar-refractivity contribution in [3.63, 3.8) is 0 Å². The number of aromatic nitrogens is 4. The molecule has 1 atom stereocenters. The highest BCUT2D eigenvalue weighted by Crippen LogP contribution is 2.26. The molecule has 26 heavy (non-hydrogen) atoms. The van der Waals surface area contributed by atoms with Gasteiger partial charge in [-0.15, -0.1) is 5.10 Å². The summed E-state index contributed by atoms with van der Waals surface area (Å²) in [5.41, 5.74) is 1.83. The third kappa shape index (κ3) is 5.72. The highest BCUT2D eigenvalue weighted by Gasteiger charge is 2.16. The van der Waals surface area contributed by atoms with Crippen LogP contribution in [0.25, 0.3) is 5.69 Å². The van der Waals surface area contributed by atoms with Crippen LogP contribution in [0.2, 0.25) is 0 Å². The zero-order chi connectivity index (χ0) is 18.9. The Morgan fingerprint density at radius 3 is 2.92 bits per heavy atom. The first-order chi connectivity index (χ1) is 12.5. The lowest BCUT2D eigenvalue weighted by molar-refractivity contribution is -0.119. The van der Waals surface area contributed by atoms with Gasteiger partial charge in [-0.3, -0.25) is 4.79 Å². The second-order valence-electron chi connectivity index (χ2n) is 6.30. The van der Waals surface area contributed by atoms with Crippen LogP contribution in [0.5, 0.6) is 5.75 Å². The molecule has 7 nitrogen and oxygen atoms in total. The summed E-state index contributed by atoms with van der Waals surface area (Å²) in [5.74, 6) is 0.940. The Labute approximate surface area is 158 Å². The van der Waals surface area contributed by atoms with Crippen LogP contribution in [0.4, 0.5) is 0 Å². The minimum Gasteiger partial charge on any atom is -0.494 e.